The van der Waals surface area contributed by atoms with Crippen LogP contribution in [0.4, 0.5) is 5.95 Å². The minimum atomic E-state index is -1.05. The number of hydrogen-bond acceptors (Lipinski definition) is 6. The molecule has 0 saturated heterocycles. The number of nitrogens with zero attached hydrogens (tertiary/aromatic N) is 3. The summed E-state index contributed by atoms with van der Waals surface area (Å²) in [6.07, 6.45) is 2.98. The van der Waals surface area contributed by atoms with Gasteiger partial charge in [-0.25, -0.2) is 9.48 Å². The quantitative estimate of drug-likeness (QED) is 0.865. The van der Waals surface area contributed by atoms with Gasteiger partial charge in [0.2, 0.25) is 5.95 Å². The molecule has 0 aliphatic carbocycles. The lowest BCUT2D eigenvalue weighted by Gasteiger charge is -2.23. The van der Waals surface area contributed by atoms with Crippen LogP contribution in [0.15, 0.2) is 36.3 Å². The Kier molecular flexibility index (Phi) is 4.11. The first-order valence-electron chi connectivity index (χ1n) is 7.46. The van der Waals surface area contributed by atoms with Crippen LogP contribution in [-0.4, -0.2) is 39.1 Å². The smallest absolute Gasteiger partial charge is 0.352 e. The Balaban J connectivity index is 2.03. The molecule has 1 aliphatic rings. The first kappa shape index (κ1) is 15.9. The van der Waals surface area contributed by atoms with Crippen LogP contribution in [0.25, 0.3) is 0 Å². The number of carbonyl (C=O) groups is 1. The summed E-state index contributed by atoms with van der Waals surface area (Å²) in [6.45, 7) is 3.87. The SMILES string of the molecule is COc1cc([C@@H]2C=C(C(=O)O)Nc3ncnn32)ccc1OC(C)C. The fourth-order valence-corrected chi connectivity index (χ4v) is 2.52. The zero-order valence-electron chi connectivity index (χ0n) is 13.6. The molecule has 1 aromatic heterocycles. The van der Waals surface area contributed by atoms with Crippen molar-refractivity contribution in [3.05, 3.63) is 41.9 Å². The van der Waals surface area contributed by atoms with E-state index in [-0.39, 0.29) is 11.8 Å². The lowest BCUT2D eigenvalue weighted by Crippen LogP contribution is -2.24. The molecule has 0 radical (unpaired) electrons. The van der Waals surface area contributed by atoms with Crippen LogP contribution in [0.3, 0.4) is 0 Å². The predicted octanol–water partition coefficient (Wildman–Crippen LogP) is 2.06. The van der Waals surface area contributed by atoms with Crippen molar-refractivity contribution in [1.82, 2.24) is 14.8 Å². The van der Waals surface area contributed by atoms with Crippen molar-refractivity contribution in [3.63, 3.8) is 0 Å². The first-order valence-corrected chi connectivity index (χ1v) is 7.46. The van der Waals surface area contributed by atoms with E-state index < -0.39 is 12.0 Å². The van der Waals surface area contributed by atoms with E-state index in [1.54, 1.807) is 23.9 Å². The molecule has 8 heteroatoms. The van der Waals surface area contributed by atoms with Gasteiger partial charge in [0.1, 0.15) is 18.1 Å². The van der Waals surface area contributed by atoms with E-state index in [4.69, 9.17) is 9.47 Å². The minimum absolute atomic E-state index is 0.0176. The molecule has 0 fully saturated rings. The average molecular weight is 330 g/mol. The third-order valence-corrected chi connectivity index (χ3v) is 3.53. The summed E-state index contributed by atoms with van der Waals surface area (Å²) in [5.74, 6) is 0.528. The Morgan fingerprint density at radius 1 is 1.38 bits per heavy atom. The van der Waals surface area contributed by atoms with E-state index in [0.29, 0.717) is 17.4 Å². The Labute approximate surface area is 138 Å². The molecule has 0 bridgehead atoms. The predicted molar refractivity (Wildman–Crippen MR) is 86.3 cm³/mol. The lowest BCUT2D eigenvalue weighted by atomic mass is 10.0. The fourth-order valence-electron chi connectivity index (χ4n) is 2.52. The van der Waals surface area contributed by atoms with E-state index in [2.05, 4.69) is 15.4 Å². The topological polar surface area (TPSA) is 98.5 Å². The summed E-state index contributed by atoms with van der Waals surface area (Å²) in [6, 6.07) is 5.07. The molecule has 0 unspecified atom stereocenters. The molecule has 0 amide bonds. The van der Waals surface area contributed by atoms with Gasteiger partial charge in [-0.15, -0.1) is 0 Å². The lowest BCUT2D eigenvalue weighted by molar-refractivity contribution is -0.132. The normalized spacial score (nSPS) is 16.2. The Morgan fingerprint density at radius 2 is 2.17 bits per heavy atom. The Hall–Kier alpha value is -3.03. The highest BCUT2D eigenvalue weighted by Crippen LogP contribution is 2.35. The zero-order chi connectivity index (χ0) is 17.3. The number of aromatic nitrogens is 3. The highest BCUT2D eigenvalue weighted by molar-refractivity contribution is 5.90. The van der Waals surface area contributed by atoms with Gasteiger partial charge in [-0.2, -0.15) is 10.1 Å². The number of anilines is 1. The van der Waals surface area contributed by atoms with Gasteiger partial charge in [0.05, 0.1) is 13.2 Å². The van der Waals surface area contributed by atoms with Crippen molar-refractivity contribution in [1.29, 1.82) is 0 Å². The third-order valence-electron chi connectivity index (χ3n) is 3.53. The monoisotopic (exact) mass is 330 g/mol. The summed E-state index contributed by atoms with van der Waals surface area (Å²) in [7, 11) is 1.56. The van der Waals surface area contributed by atoms with Gasteiger partial charge in [-0.1, -0.05) is 6.07 Å². The molecule has 2 N–H and O–H groups in total. The second-order valence-corrected chi connectivity index (χ2v) is 5.56. The van der Waals surface area contributed by atoms with E-state index in [1.807, 2.05) is 26.0 Å². The van der Waals surface area contributed by atoms with Crippen molar-refractivity contribution < 1.29 is 19.4 Å². The number of nitrogens with one attached hydrogen (secondary N) is 1. The van der Waals surface area contributed by atoms with Gasteiger partial charge in [0.15, 0.2) is 11.5 Å². The number of carboxylic acid groups (broad SMARTS) is 1. The van der Waals surface area contributed by atoms with Gasteiger partial charge in [-0.05, 0) is 37.6 Å². The largest absolute Gasteiger partial charge is 0.493 e. The van der Waals surface area contributed by atoms with Gasteiger partial charge < -0.3 is 19.9 Å². The number of methoxy groups -OCH3 is 1. The molecule has 8 nitrogen and oxygen atoms in total. The van der Waals surface area contributed by atoms with Crippen LogP contribution >= 0.6 is 0 Å². The van der Waals surface area contributed by atoms with Gasteiger partial charge in [-0.3, -0.25) is 0 Å². The van der Waals surface area contributed by atoms with E-state index >= 15 is 0 Å². The number of allylic oxidation sites excluding steroid dienone is 1. The van der Waals surface area contributed by atoms with Crippen molar-refractivity contribution in [2.45, 2.75) is 26.0 Å². The highest BCUT2D eigenvalue weighted by atomic mass is 16.5. The molecule has 126 valence electrons. The van der Waals surface area contributed by atoms with Crippen molar-refractivity contribution >= 4 is 11.9 Å². The third kappa shape index (κ3) is 2.90. The van der Waals surface area contributed by atoms with Crippen molar-refractivity contribution in [2.75, 3.05) is 12.4 Å². The maximum Gasteiger partial charge on any atom is 0.352 e. The number of aliphatic carboxylic acids is 1. The molecule has 1 aliphatic heterocycles. The maximum absolute atomic E-state index is 11.3. The number of ether oxygens (including phenoxy) is 2. The van der Waals surface area contributed by atoms with Crippen LogP contribution in [0, 0.1) is 0 Å². The number of benzene rings is 1. The van der Waals surface area contributed by atoms with E-state index in [1.165, 1.54) is 6.33 Å². The van der Waals surface area contributed by atoms with Crippen LogP contribution in [-0.2, 0) is 4.79 Å². The Morgan fingerprint density at radius 3 is 2.83 bits per heavy atom. The van der Waals surface area contributed by atoms with Crippen LogP contribution in [0.5, 0.6) is 11.5 Å². The van der Waals surface area contributed by atoms with Crippen LogP contribution in [0.1, 0.15) is 25.5 Å². The molecule has 1 atom stereocenters. The molecule has 0 spiro atoms. The fraction of sp³-hybridized carbons (Fsp3) is 0.312. The summed E-state index contributed by atoms with van der Waals surface area (Å²) in [5.41, 5.74) is 0.872. The average Bonchev–Trinajstić information content (AvgIpc) is 3.02. The van der Waals surface area contributed by atoms with Gasteiger partial charge >= 0.3 is 5.97 Å². The molecule has 2 heterocycles. The molecule has 1 aromatic carbocycles. The zero-order valence-corrected chi connectivity index (χ0v) is 13.6. The number of fused-ring (bicyclic) bond motifs is 1. The molecule has 3 rings (SSSR count). The van der Waals surface area contributed by atoms with Crippen LogP contribution in [0.2, 0.25) is 0 Å². The van der Waals surface area contributed by atoms with Crippen molar-refractivity contribution in [3.8, 4) is 11.5 Å². The Bertz CT molecular complexity index is 797. The second-order valence-electron chi connectivity index (χ2n) is 5.56. The summed E-state index contributed by atoms with van der Waals surface area (Å²) < 4.78 is 12.7. The van der Waals surface area contributed by atoms with Gasteiger partial charge in [0, 0.05) is 0 Å². The molecule has 2 aromatic rings. The first-order chi connectivity index (χ1) is 11.5. The number of rotatable bonds is 5. The summed E-state index contributed by atoms with van der Waals surface area (Å²) >= 11 is 0. The van der Waals surface area contributed by atoms with Gasteiger partial charge in [0.25, 0.3) is 0 Å². The number of hydrogen-bond donors (Lipinski definition) is 2. The summed E-state index contributed by atoms with van der Waals surface area (Å²) in [4.78, 5) is 15.4. The standard InChI is InChI=1S/C16H18N4O4/c1-9(2)24-13-5-4-10(6-14(13)23-3)12-7-11(15(21)22)19-16-17-8-18-20(12)16/h4-9,12H,1-3H3,(H,21,22)(H,17,18,19)/t12-/m0/s1. The number of carboxylic acids is 1. The molecular weight excluding hydrogens is 312 g/mol. The van der Waals surface area contributed by atoms with Crippen LogP contribution < -0.4 is 14.8 Å². The van der Waals surface area contributed by atoms with Crippen molar-refractivity contribution in [2.24, 2.45) is 0 Å². The summed E-state index contributed by atoms with van der Waals surface area (Å²) in [5, 5.41) is 16.2. The molecule has 24 heavy (non-hydrogen) atoms. The molecular formula is C16H18N4O4. The minimum Gasteiger partial charge on any atom is -0.493 e. The molecule has 0 saturated carbocycles. The highest BCUT2D eigenvalue weighted by Gasteiger charge is 2.26. The van der Waals surface area contributed by atoms with E-state index in [9.17, 15) is 9.90 Å². The van der Waals surface area contributed by atoms with E-state index in [0.717, 1.165) is 5.56 Å². The second kappa shape index (κ2) is 6.23. The maximum atomic E-state index is 11.3.